The van der Waals surface area contributed by atoms with Gasteiger partial charge in [0.15, 0.2) is 0 Å². The van der Waals surface area contributed by atoms with Crippen LogP contribution >= 0.6 is 0 Å². The first-order chi connectivity index (χ1) is 4.68. The molecular formula is C7H11AlO2+2. The van der Waals surface area contributed by atoms with Gasteiger partial charge in [-0.3, -0.25) is 0 Å². The van der Waals surface area contributed by atoms with Crippen LogP contribution in [0.5, 0.6) is 0 Å². The minimum atomic E-state index is -0.293. The molecule has 0 radical (unpaired) electrons. The molecule has 3 heteroatoms. The van der Waals surface area contributed by atoms with Crippen LogP contribution in [0.15, 0.2) is 12.2 Å². The quantitative estimate of drug-likeness (QED) is 0.262. The summed E-state index contributed by atoms with van der Waals surface area (Å²) in [5.41, 5.74) is 0.462. The normalized spacial score (nSPS) is 9.10. The Morgan fingerprint density at radius 2 is 2.30 bits per heavy atom. The molecule has 0 spiro atoms. The summed E-state index contributed by atoms with van der Waals surface area (Å²) in [6.45, 7) is 5.59. The average Bonchev–Trinajstić information content (AvgIpc) is 1.88. The third-order valence-corrected chi connectivity index (χ3v) is 1.34. The maximum absolute atomic E-state index is 10.7. The summed E-state index contributed by atoms with van der Waals surface area (Å²) >= 11 is 2.57. The monoisotopic (exact) mass is 154 g/mol. The molecule has 10 heavy (non-hydrogen) atoms. The summed E-state index contributed by atoms with van der Waals surface area (Å²) in [4.78, 5) is 10.7. The Balaban J connectivity index is 3.31. The summed E-state index contributed by atoms with van der Waals surface area (Å²) in [6.07, 6.45) is 0.893. The van der Waals surface area contributed by atoms with Gasteiger partial charge in [0.05, 0.1) is 0 Å². The Morgan fingerprint density at radius 3 is 2.70 bits per heavy atom. The molecule has 0 aliphatic rings. The molecular weight excluding hydrogens is 143 g/mol. The molecule has 0 aromatic carbocycles. The van der Waals surface area contributed by atoms with Crippen molar-refractivity contribution in [1.82, 2.24) is 0 Å². The van der Waals surface area contributed by atoms with Crippen molar-refractivity contribution in [3.05, 3.63) is 12.2 Å². The van der Waals surface area contributed by atoms with Crippen LogP contribution < -0.4 is 0 Å². The molecule has 0 aromatic rings. The second kappa shape index (κ2) is 5.52. The average molecular weight is 154 g/mol. The zero-order valence-electron chi connectivity index (χ0n) is 6.22. The summed E-state index contributed by atoms with van der Waals surface area (Å²) in [7, 11) is 0. The summed E-state index contributed by atoms with van der Waals surface area (Å²) in [5.74, 6) is -0.293. The van der Waals surface area contributed by atoms with Crippen LogP contribution in [0.4, 0.5) is 0 Å². The predicted molar refractivity (Wildman–Crippen MR) is 41.0 cm³/mol. The summed E-state index contributed by atoms with van der Waals surface area (Å²) in [5, 5.41) is 0.962. The van der Waals surface area contributed by atoms with Gasteiger partial charge in [-0.05, 0) is 0 Å². The third-order valence-electron chi connectivity index (χ3n) is 0.930. The van der Waals surface area contributed by atoms with E-state index in [1.165, 1.54) is 0 Å². The molecule has 0 saturated carbocycles. The fourth-order valence-corrected chi connectivity index (χ4v) is 0.538. The van der Waals surface area contributed by atoms with Crippen LogP contribution in [0.1, 0.15) is 13.3 Å². The van der Waals surface area contributed by atoms with Gasteiger partial charge in [0, 0.05) is 0 Å². The van der Waals surface area contributed by atoms with Crippen molar-refractivity contribution < 1.29 is 9.53 Å². The third kappa shape index (κ3) is 4.61. The van der Waals surface area contributed by atoms with Gasteiger partial charge in [-0.2, -0.15) is 0 Å². The van der Waals surface area contributed by atoms with Gasteiger partial charge in [0.1, 0.15) is 0 Å². The number of carbonyl (C=O) groups is 1. The van der Waals surface area contributed by atoms with E-state index in [0.29, 0.717) is 12.2 Å². The number of hydrogen-bond acceptors (Lipinski definition) is 2. The molecule has 0 aliphatic carbocycles. The molecule has 2 nitrogen and oxygen atoms in total. The van der Waals surface area contributed by atoms with E-state index >= 15 is 0 Å². The van der Waals surface area contributed by atoms with Gasteiger partial charge in [-0.1, -0.05) is 0 Å². The Morgan fingerprint density at radius 1 is 1.70 bits per heavy atom. The fourth-order valence-electron chi connectivity index (χ4n) is 0.371. The SMILES string of the molecule is C=C(C)C(=O)OCC[CH2][Al+2]. The molecule has 0 rings (SSSR count). The van der Waals surface area contributed by atoms with Crippen molar-refractivity contribution in [2.45, 2.75) is 18.6 Å². The van der Waals surface area contributed by atoms with E-state index in [0.717, 1.165) is 11.7 Å². The molecule has 0 fully saturated rings. The second-order valence-electron chi connectivity index (χ2n) is 2.06. The standard InChI is InChI=1S/C7H11O2.Al/c1-4-5-9-7(8)6(2)3;/h1-2,4-5H2,3H3;/q;+2. The van der Waals surface area contributed by atoms with Gasteiger partial charge < -0.3 is 0 Å². The van der Waals surface area contributed by atoms with Crippen molar-refractivity contribution in [2.75, 3.05) is 6.61 Å². The Kier molecular flexibility index (Phi) is 5.38. The summed E-state index contributed by atoms with van der Waals surface area (Å²) < 4.78 is 4.79. The van der Waals surface area contributed by atoms with Crippen LogP contribution in [-0.2, 0) is 9.53 Å². The van der Waals surface area contributed by atoms with Crippen LogP contribution in [0, 0.1) is 0 Å². The van der Waals surface area contributed by atoms with E-state index in [1.54, 1.807) is 6.92 Å². The molecule has 0 aromatic heterocycles. The Labute approximate surface area is 69.7 Å². The second-order valence-corrected chi connectivity index (χ2v) is 2.64. The van der Waals surface area contributed by atoms with E-state index in [-0.39, 0.29) is 5.97 Å². The first kappa shape index (κ1) is 9.74. The zero-order chi connectivity index (χ0) is 7.98. The van der Waals surface area contributed by atoms with Crippen molar-refractivity contribution in [3.63, 3.8) is 0 Å². The van der Waals surface area contributed by atoms with Crippen LogP contribution in [0.2, 0.25) is 5.28 Å². The Hall–Kier alpha value is -0.258. The van der Waals surface area contributed by atoms with Gasteiger partial charge >= 0.3 is 69.2 Å². The van der Waals surface area contributed by atoms with Crippen molar-refractivity contribution in [3.8, 4) is 0 Å². The molecule has 0 amide bonds. The molecule has 0 heterocycles. The van der Waals surface area contributed by atoms with Gasteiger partial charge in [-0.15, -0.1) is 0 Å². The molecule has 52 valence electrons. The topological polar surface area (TPSA) is 26.3 Å². The number of esters is 1. The van der Waals surface area contributed by atoms with E-state index in [9.17, 15) is 4.79 Å². The maximum atomic E-state index is 10.7. The first-order valence-electron chi connectivity index (χ1n) is 3.21. The van der Waals surface area contributed by atoms with Gasteiger partial charge in [-0.25, -0.2) is 0 Å². The van der Waals surface area contributed by atoms with Crippen LogP contribution in [0.3, 0.4) is 0 Å². The van der Waals surface area contributed by atoms with E-state index < -0.39 is 0 Å². The van der Waals surface area contributed by atoms with Crippen molar-refractivity contribution >= 4 is 22.3 Å². The number of carbonyl (C=O) groups excluding carboxylic acids is 1. The molecule has 0 saturated heterocycles. The van der Waals surface area contributed by atoms with Gasteiger partial charge in [0.25, 0.3) is 0 Å². The molecule has 0 bridgehead atoms. The fraction of sp³-hybridized carbons (Fsp3) is 0.571. The van der Waals surface area contributed by atoms with E-state index in [1.807, 2.05) is 0 Å². The number of rotatable bonds is 4. The minimum absolute atomic E-state index is 0.293. The molecule has 0 unspecified atom stereocenters. The first-order valence-corrected chi connectivity index (χ1v) is 4.03. The van der Waals surface area contributed by atoms with Crippen LogP contribution in [0.25, 0.3) is 0 Å². The van der Waals surface area contributed by atoms with E-state index in [4.69, 9.17) is 4.74 Å². The predicted octanol–water partition coefficient (Wildman–Crippen LogP) is 1.08. The van der Waals surface area contributed by atoms with E-state index in [2.05, 4.69) is 22.9 Å². The van der Waals surface area contributed by atoms with Crippen molar-refractivity contribution in [1.29, 1.82) is 0 Å². The van der Waals surface area contributed by atoms with Gasteiger partial charge in [0.2, 0.25) is 0 Å². The summed E-state index contributed by atoms with van der Waals surface area (Å²) in [6, 6.07) is 0. The Bertz CT molecular complexity index is 132. The molecule has 0 atom stereocenters. The number of ether oxygens (including phenoxy) is 1. The zero-order valence-corrected chi connectivity index (χ0v) is 7.38. The molecule has 0 N–H and O–H groups in total. The van der Waals surface area contributed by atoms with Crippen molar-refractivity contribution in [2.24, 2.45) is 0 Å². The molecule has 0 aliphatic heterocycles. The van der Waals surface area contributed by atoms with Crippen LogP contribution in [-0.4, -0.2) is 28.9 Å². The number of hydrogen-bond donors (Lipinski definition) is 0.